The molecule has 1 aromatic carbocycles. The molecule has 0 heterocycles. The van der Waals surface area contributed by atoms with Crippen molar-refractivity contribution in [3.05, 3.63) is 47.5 Å². The molecule has 3 unspecified atom stereocenters. The lowest BCUT2D eigenvalue weighted by atomic mass is 9.92. The van der Waals surface area contributed by atoms with Crippen LogP contribution in [0, 0.1) is 0 Å². The van der Waals surface area contributed by atoms with E-state index in [9.17, 15) is 9.90 Å². The third-order valence-electron chi connectivity index (χ3n) is 3.31. The maximum Gasteiger partial charge on any atom is 0.110 e. The molecule has 6 nitrogen and oxygen atoms in total. The minimum absolute atomic E-state index is 0.180. The first-order chi connectivity index (χ1) is 10.6. The average molecular weight is 323 g/mol. The van der Waals surface area contributed by atoms with Gasteiger partial charge in [0.1, 0.15) is 18.8 Å². The summed E-state index contributed by atoms with van der Waals surface area (Å²) < 4.78 is 0.990. The first-order valence-electron chi connectivity index (χ1n) is 7.41. The summed E-state index contributed by atoms with van der Waals surface area (Å²) in [6, 6.07) is 10.6. The maximum atomic E-state index is 10.3. The van der Waals surface area contributed by atoms with Crippen LogP contribution in [0.5, 0.6) is 0 Å². The number of hydrogen-bond donors (Lipinski definition) is 3. The summed E-state index contributed by atoms with van der Waals surface area (Å²) in [4.78, 5) is 10.3. The molecule has 2 rings (SSSR count). The van der Waals surface area contributed by atoms with Crippen molar-refractivity contribution in [2.75, 3.05) is 21.1 Å². The minimum atomic E-state index is -1.43. The number of carbonyl (C=O) groups is 1. The molecular formula is C17H25NO5. The molecular weight excluding hydrogens is 298 g/mol. The van der Waals surface area contributed by atoms with Crippen LogP contribution in [0.3, 0.4) is 0 Å². The third kappa shape index (κ3) is 6.92. The minimum Gasteiger partial charge on any atom is -0.545 e. The van der Waals surface area contributed by atoms with Gasteiger partial charge >= 0.3 is 0 Å². The predicted octanol–water partition coefficient (Wildman–Crippen LogP) is -0.958. The molecule has 3 atom stereocenters. The zero-order valence-corrected chi connectivity index (χ0v) is 13.7. The lowest BCUT2D eigenvalue weighted by Gasteiger charge is -2.27. The first kappa shape index (κ1) is 19.3. The van der Waals surface area contributed by atoms with Gasteiger partial charge in [-0.25, -0.2) is 0 Å². The Kier molecular flexibility index (Phi) is 6.90. The number of quaternary nitrogens is 1. The number of carboxylic acids is 1. The molecule has 0 bridgehead atoms. The number of aliphatic hydroxyl groups is 3. The lowest BCUT2D eigenvalue weighted by molar-refractivity contribution is -0.884. The second-order valence-electron chi connectivity index (χ2n) is 6.67. The van der Waals surface area contributed by atoms with Crippen LogP contribution in [0.4, 0.5) is 0 Å². The van der Waals surface area contributed by atoms with Crippen molar-refractivity contribution in [1.29, 1.82) is 0 Å². The summed E-state index contributed by atoms with van der Waals surface area (Å²) in [5.41, 5.74) is 1.22. The van der Waals surface area contributed by atoms with E-state index in [0.29, 0.717) is 0 Å². The highest BCUT2D eigenvalue weighted by molar-refractivity contribution is 5.85. The molecule has 0 aromatic heterocycles. The summed E-state index contributed by atoms with van der Waals surface area (Å²) in [6.07, 6.45) is -3.10. The summed E-state index contributed by atoms with van der Waals surface area (Å²) in [5, 5.41) is 37.3. The van der Waals surface area contributed by atoms with E-state index in [-0.39, 0.29) is 12.0 Å². The van der Waals surface area contributed by atoms with Gasteiger partial charge in [0.25, 0.3) is 0 Å². The Morgan fingerprint density at radius 2 is 1.74 bits per heavy atom. The highest BCUT2D eigenvalue weighted by Crippen LogP contribution is 2.18. The van der Waals surface area contributed by atoms with Crippen LogP contribution in [-0.2, 0) is 11.3 Å². The Morgan fingerprint density at radius 3 is 2.17 bits per heavy atom. The topological polar surface area (TPSA) is 101 Å². The second kappa shape index (κ2) is 8.21. The number of carboxylic acid groups (broad SMARTS) is 1. The maximum absolute atomic E-state index is 10.3. The summed E-state index contributed by atoms with van der Waals surface area (Å²) >= 11 is 0. The van der Waals surface area contributed by atoms with Gasteiger partial charge in [0.05, 0.1) is 33.2 Å². The van der Waals surface area contributed by atoms with Crippen LogP contribution in [0.25, 0.3) is 0 Å². The van der Waals surface area contributed by atoms with Crippen LogP contribution in [0.1, 0.15) is 12.0 Å². The molecule has 23 heavy (non-hydrogen) atoms. The fraction of sp³-hybridized carbons (Fsp3) is 0.471. The van der Waals surface area contributed by atoms with E-state index in [0.717, 1.165) is 17.1 Å². The monoisotopic (exact) mass is 323 g/mol. The van der Waals surface area contributed by atoms with E-state index in [1.165, 1.54) is 5.56 Å². The predicted molar refractivity (Wildman–Crippen MR) is 83.9 cm³/mol. The molecule has 1 aliphatic rings. The molecule has 128 valence electrons. The fourth-order valence-corrected chi connectivity index (χ4v) is 2.23. The molecule has 6 heteroatoms. The fourth-order valence-electron chi connectivity index (χ4n) is 2.23. The Hall–Kier alpha value is -1.73. The molecule has 0 spiro atoms. The Morgan fingerprint density at radius 1 is 1.17 bits per heavy atom. The number of nitrogens with zero attached hydrogens (tertiary/aromatic N) is 1. The highest BCUT2D eigenvalue weighted by Gasteiger charge is 2.29. The molecule has 0 saturated carbocycles. The van der Waals surface area contributed by atoms with Gasteiger partial charge in [-0.1, -0.05) is 30.3 Å². The smallest absolute Gasteiger partial charge is 0.110 e. The van der Waals surface area contributed by atoms with Crippen molar-refractivity contribution in [2.24, 2.45) is 0 Å². The molecule has 1 aromatic rings. The van der Waals surface area contributed by atoms with Gasteiger partial charge in [0.15, 0.2) is 0 Å². The number of aliphatic carboxylic acids is 1. The van der Waals surface area contributed by atoms with E-state index < -0.39 is 24.3 Å². The number of benzene rings is 1. The van der Waals surface area contributed by atoms with Crippen molar-refractivity contribution < 1.29 is 29.7 Å². The Labute approximate surface area is 136 Å². The van der Waals surface area contributed by atoms with E-state index >= 15 is 0 Å². The van der Waals surface area contributed by atoms with Crippen LogP contribution in [0.15, 0.2) is 42.0 Å². The standard InChI is InChI=1S/C10H16N.C7H10O5/c1-11(2,3)9-10-7-5-4-6-8-10;8-4-1-3(7(11)12)2-5(9)6(4)10/h4-8H,9H2,1-3H3;1,4-6,8-10H,2H2,(H,11,12)/q+1;/p-1. The van der Waals surface area contributed by atoms with Crippen molar-refractivity contribution in [1.82, 2.24) is 0 Å². The third-order valence-corrected chi connectivity index (χ3v) is 3.31. The van der Waals surface area contributed by atoms with Gasteiger partial charge in [0.2, 0.25) is 0 Å². The molecule has 1 aliphatic carbocycles. The molecule has 0 saturated heterocycles. The van der Waals surface area contributed by atoms with Crippen molar-refractivity contribution >= 4 is 5.97 Å². The largest absolute Gasteiger partial charge is 0.545 e. The quantitative estimate of drug-likeness (QED) is 0.622. The second-order valence-corrected chi connectivity index (χ2v) is 6.67. The Balaban J connectivity index is 0.000000231. The highest BCUT2D eigenvalue weighted by atomic mass is 16.4. The normalized spacial score (nSPS) is 24.3. The molecule has 0 fully saturated rings. The van der Waals surface area contributed by atoms with Gasteiger partial charge in [-0.3, -0.25) is 0 Å². The molecule has 3 N–H and O–H groups in total. The summed E-state index contributed by atoms with van der Waals surface area (Å²) in [6.45, 7) is 1.10. The number of carbonyl (C=O) groups excluding carboxylic acids is 1. The summed E-state index contributed by atoms with van der Waals surface area (Å²) in [7, 11) is 6.60. The van der Waals surface area contributed by atoms with Crippen molar-refractivity contribution in [2.45, 2.75) is 31.3 Å². The van der Waals surface area contributed by atoms with Gasteiger partial charge < -0.3 is 29.7 Å². The SMILES string of the molecule is C[N+](C)(C)Cc1ccccc1.O=C([O-])C1=CC(O)C(O)C(O)C1. The van der Waals surface area contributed by atoms with Gasteiger partial charge in [-0.2, -0.15) is 0 Å². The van der Waals surface area contributed by atoms with Crippen LogP contribution in [-0.4, -0.2) is 65.2 Å². The van der Waals surface area contributed by atoms with E-state index in [2.05, 4.69) is 51.5 Å². The van der Waals surface area contributed by atoms with E-state index in [4.69, 9.17) is 15.3 Å². The Bertz CT molecular complexity index is 536. The van der Waals surface area contributed by atoms with Gasteiger partial charge in [0, 0.05) is 12.0 Å². The van der Waals surface area contributed by atoms with E-state index in [1.54, 1.807) is 0 Å². The zero-order valence-electron chi connectivity index (χ0n) is 13.7. The van der Waals surface area contributed by atoms with Gasteiger partial charge in [-0.05, 0) is 11.6 Å². The summed E-state index contributed by atoms with van der Waals surface area (Å²) in [5.74, 6) is -1.43. The van der Waals surface area contributed by atoms with E-state index in [1.807, 2.05) is 0 Å². The van der Waals surface area contributed by atoms with Crippen molar-refractivity contribution in [3.8, 4) is 0 Å². The number of rotatable bonds is 3. The van der Waals surface area contributed by atoms with Crippen LogP contribution >= 0.6 is 0 Å². The van der Waals surface area contributed by atoms with Crippen molar-refractivity contribution in [3.63, 3.8) is 0 Å². The average Bonchev–Trinajstić information content (AvgIpc) is 2.44. The zero-order chi connectivity index (χ0) is 17.6. The van der Waals surface area contributed by atoms with Crippen LogP contribution in [0.2, 0.25) is 0 Å². The molecule has 0 radical (unpaired) electrons. The molecule has 0 amide bonds. The first-order valence-corrected chi connectivity index (χ1v) is 7.41. The lowest BCUT2D eigenvalue weighted by Crippen LogP contribution is -2.42. The molecule has 0 aliphatic heterocycles. The number of aliphatic hydroxyl groups excluding tert-OH is 3. The van der Waals surface area contributed by atoms with Gasteiger partial charge in [-0.15, -0.1) is 0 Å². The number of hydrogen-bond acceptors (Lipinski definition) is 5. The van der Waals surface area contributed by atoms with Crippen LogP contribution < -0.4 is 5.11 Å².